The van der Waals surface area contributed by atoms with Crippen molar-refractivity contribution in [2.24, 2.45) is 0 Å². The van der Waals surface area contributed by atoms with E-state index in [-0.39, 0.29) is 5.91 Å². The molecule has 1 amide bonds. The molecule has 0 unspecified atom stereocenters. The van der Waals surface area contributed by atoms with Gasteiger partial charge in [0.15, 0.2) is 0 Å². The molecule has 1 N–H and O–H groups in total. The van der Waals surface area contributed by atoms with Gasteiger partial charge in [-0.05, 0) is 36.4 Å². The second kappa shape index (κ2) is 6.67. The van der Waals surface area contributed by atoms with Crippen molar-refractivity contribution in [1.82, 2.24) is 14.6 Å². The van der Waals surface area contributed by atoms with Crippen molar-refractivity contribution in [2.75, 3.05) is 30.0 Å². The van der Waals surface area contributed by atoms with E-state index in [1.165, 1.54) is 0 Å². The van der Waals surface area contributed by atoms with Crippen LogP contribution < -0.4 is 5.43 Å². The Balaban J connectivity index is 1.66. The van der Waals surface area contributed by atoms with E-state index in [0.29, 0.717) is 0 Å². The Morgan fingerprint density at radius 3 is 2.81 bits per heavy atom. The van der Waals surface area contributed by atoms with Crippen molar-refractivity contribution >= 4 is 23.4 Å². The smallest absolute Gasteiger partial charge is 0.253 e. The highest BCUT2D eigenvalue weighted by atomic mass is 32.2. The number of hydrogen-bond acceptors (Lipinski definition) is 4. The third-order valence-corrected chi connectivity index (χ3v) is 4.45. The molecule has 0 bridgehead atoms. The minimum Gasteiger partial charge on any atom is -0.338 e. The number of anilines is 1. The maximum Gasteiger partial charge on any atom is 0.253 e. The van der Waals surface area contributed by atoms with E-state index in [9.17, 15) is 4.79 Å². The molecule has 1 aliphatic rings. The molecule has 6 heteroatoms. The van der Waals surface area contributed by atoms with Gasteiger partial charge in [-0.1, -0.05) is 0 Å². The lowest BCUT2D eigenvalue weighted by Crippen LogP contribution is -2.32. The van der Waals surface area contributed by atoms with E-state index in [2.05, 4.69) is 10.4 Å². The van der Waals surface area contributed by atoms with Crippen LogP contribution in [0.5, 0.6) is 0 Å². The van der Waals surface area contributed by atoms with E-state index < -0.39 is 0 Å². The molecule has 0 saturated carbocycles. The normalized spacial score (nSPS) is 15.5. The zero-order valence-corrected chi connectivity index (χ0v) is 12.6. The predicted octanol–water partition coefficient (Wildman–Crippen LogP) is 2.34. The highest BCUT2D eigenvalue weighted by Crippen LogP contribution is 2.15. The highest BCUT2D eigenvalue weighted by molar-refractivity contribution is 7.99. The first-order valence-corrected chi connectivity index (χ1v) is 8.20. The second-order valence-electron chi connectivity index (χ2n) is 4.92. The minimum absolute atomic E-state index is 0.131. The summed E-state index contributed by atoms with van der Waals surface area (Å²) in [5.41, 5.74) is 4.84. The largest absolute Gasteiger partial charge is 0.338 e. The van der Waals surface area contributed by atoms with Crippen LogP contribution in [0, 0.1) is 0 Å². The van der Waals surface area contributed by atoms with Crippen LogP contribution in [0.25, 0.3) is 0 Å². The fourth-order valence-electron chi connectivity index (χ4n) is 2.29. The summed E-state index contributed by atoms with van der Waals surface area (Å²) in [6, 6.07) is 7.58. The Hall–Kier alpha value is -1.95. The number of nitrogens with zero attached hydrogens (tertiary/aromatic N) is 3. The predicted molar refractivity (Wildman–Crippen MR) is 85.5 cm³/mol. The maximum atomic E-state index is 12.5. The van der Waals surface area contributed by atoms with Crippen molar-refractivity contribution in [2.45, 2.75) is 6.42 Å². The molecule has 1 aromatic heterocycles. The van der Waals surface area contributed by atoms with E-state index in [1.807, 2.05) is 47.1 Å². The molecule has 0 spiro atoms. The molecule has 2 heterocycles. The first kappa shape index (κ1) is 14.0. The van der Waals surface area contributed by atoms with Crippen LogP contribution in [0.1, 0.15) is 16.8 Å². The molecular formula is C15H18N4OS. The van der Waals surface area contributed by atoms with Crippen LogP contribution in [0.2, 0.25) is 0 Å². The Labute approximate surface area is 128 Å². The number of nitrogens with one attached hydrogen (secondary N) is 1. The van der Waals surface area contributed by atoms with Crippen LogP contribution in [-0.4, -0.2) is 45.1 Å². The van der Waals surface area contributed by atoms with Crippen molar-refractivity contribution < 1.29 is 4.79 Å². The topological polar surface area (TPSA) is 50.2 Å². The monoisotopic (exact) mass is 302 g/mol. The molecule has 0 atom stereocenters. The Morgan fingerprint density at radius 1 is 1.19 bits per heavy atom. The van der Waals surface area contributed by atoms with Gasteiger partial charge in [0.1, 0.15) is 6.33 Å². The summed E-state index contributed by atoms with van der Waals surface area (Å²) < 4.78 is 1.77. The molecule has 0 aliphatic carbocycles. The summed E-state index contributed by atoms with van der Waals surface area (Å²) in [5.74, 6) is 2.32. The lowest BCUT2D eigenvalue weighted by molar-refractivity contribution is 0.0768. The number of hydrogen-bond donors (Lipinski definition) is 1. The van der Waals surface area contributed by atoms with Crippen molar-refractivity contribution in [3.05, 3.63) is 48.5 Å². The molecular weight excluding hydrogens is 284 g/mol. The molecule has 110 valence electrons. The van der Waals surface area contributed by atoms with Gasteiger partial charge >= 0.3 is 0 Å². The lowest BCUT2D eigenvalue weighted by atomic mass is 10.2. The molecule has 0 radical (unpaired) electrons. The van der Waals surface area contributed by atoms with Crippen LogP contribution >= 0.6 is 11.8 Å². The molecule has 1 fully saturated rings. The third kappa shape index (κ3) is 3.58. The quantitative estimate of drug-likeness (QED) is 0.945. The molecule has 1 aromatic carbocycles. The van der Waals surface area contributed by atoms with E-state index >= 15 is 0 Å². The number of rotatable bonds is 3. The molecule has 1 saturated heterocycles. The number of benzene rings is 1. The van der Waals surface area contributed by atoms with Gasteiger partial charge < -0.3 is 4.90 Å². The first-order chi connectivity index (χ1) is 10.3. The maximum absolute atomic E-state index is 12.5. The van der Waals surface area contributed by atoms with Gasteiger partial charge in [0.05, 0.1) is 5.69 Å². The molecule has 2 aromatic rings. The first-order valence-electron chi connectivity index (χ1n) is 7.05. The SMILES string of the molecule is O=C(c1ccc(Nn2ccnc2)cc1)N1CCCSCC1. The van der Waals surface area contributed by atoms with Gasteiger partial charge in [-0.3, -0.25) is 14.9 Å². The summed E-state index contributed by atoms with van der Waals surface area (Å²) in [6.07, 6.45) is 6.31. The number of thioether (sulfide) groups is 1. The Kier molecular flexibility index (Phi) is 4.45. The van der Waals surface area contributed by atoms with Gasteiger partial charge in [-0.25, -0.2) is 4.98 Å². The van der Waals surface area contributed by atoms with Crippen LogP contribution in [0.4, 0.5) is 5.69 Å². The van der Waals surface area contributed by atoms with Crippen LogP contribution in [-0.2, 0) is 0 Å². The van der Waals surface area contributed by atoms with E-state index in [0.717, 1.165) is 42.3 Å². The number of carbonyl (C=O) groups excluding carboxylic acids is 1. The summed E-state index contributed by atoms with van der Waals surface area (Å²) in [6.45, 7) is 1.71. The van der Waals surface area contributed by atoms with E-state index in [1.54, 1.807) is 17.2 Å². The lowest BCUT2D eigenvalue weighted by Gasteiger charge is -2.20. The molecule has 1 aliphatic heterocycles. The molecule has 3 rings (SSSR count). The number of imidazole rings is 1. The Morgan fingerprint density at radius 2 is 2.05 bits per heavy atom. The van der Waals surface area contributed by atoms with Crippen LogP contribution in [0.15, 0.2) is 43.0 Å². The fraction of sp³-hybridized carbons (Fsp3) is 0.333. The van der Waals surface area contributed by atoms with Gasteiger partial charge in [0.2, 0.25) is 0 Å². The Bertz CT molecular complexity index is 574. The second-order valence-corrected chi connectivity index (χ2v) is 6.14. The summed E-state index contributed by atoms with van der Waals surface area (Å²) in [5, 5.41) is 0. The number of carbonyl (C=O) groups is 1. The number of aromatic nitrogens is 2. The highest BCUT2D eigenvalue weighted by Gasteiger charge is 2.17. The van der Waals surface area contributed by atoms with Crippen LogP contribution in [0.3, 0.4) is 0 Å². The standard InChI is InChI=1S/C15H18N4OS/c20-15(18-7-1-10-21-11-9-18)13-2-4-14(5-3-13)17-19-8-6-16-12-19/h2-6,8,12,17H,1,7,9-11H2. The van der Waals surface area contributed by atoms with Gasteiger partial charge in [-0.15, -0.1) is 0 Å². The third-order valence-electron chi connectivity index (χ3n) is 3.40. The van der Waals surface area contributed by atoms with Gasteiger partial charge in [0.25, 0.3) is 5.91 Å². The molecule has 21 heavy (non-hydrogen) atoms. The van der Waals surface area contributed by atoms with Crippen molar-refractivity contribution in [3.8, 4) is 0 Å². The van der Waals surface area contributed by atoms with Gasteiger partial charge in [0, 0.05) is 36.8 Å². The van der Waals surface area contributed by atoms with E-state index in [4.69, 9.17) is 0 Å². The van der Waals surface area contributed by atoms with Crippen molar-refractivity contribution in [1.29, 1.82) is 0 Å². The average molecular weight is 302 g/mol. The zero-order valence-electron chi connectivity index (χ0n) is 11.7. The average Bonchev–Trinajstić information content (AvgIpc) is 2.87. The zero-order chi connectivity index (χ0) is 14.5. The summed E-state index contributed by atoms with van der Waals surface area (Å²) in [4.78, 5) is 18.4. The summed E-state index contributed by atoms with van der Waals surface area (Å²) >= 11 is 1.92. The fourth-order valence-corrected chi connectivity index (χ4v) is 3.18. The minimum atomic E-state index is 0.131. The summed E-state index contributed by atoms with van der Waals surface area (Å²) in [7, 11) is 0. The molecule has 5 nitrogen and oxygen atoms in total. The van der Waals surface area contributed by atoms with Crippen molar-refractivity contribution in [3.63, 3.8) is 0 Å². The number of amides is 1. The van der Waals surface area contributed by atoms with Gasteiger partial charge in [-0.2, -0.15) is 11.8 Å².